The average Bonchev–Trinajstić information content (AvgIpc) is 2.75. The van der Waals surface area contributed by atoms with Crippen LogP contribution in [0.1, 0.15) is 12.7 Å². The van der Waals surface area contributed by atoms with Crippen LogP contribution in [0.2, 0.25) is 0 Å². The number of nitrogens with two attached hydrogens (primary N) is 1. The number of anilines is 2. The Morgan fingerprint density at radius 3 is 3.00 bits per heavy atom. The van der Waals surface area contributed by atoms with E-state index in [9.17, 15) is 4.39 Å². The van der Waals surface area contributed by atoms with Gasteiger partial charge in [0, 0.05) is 6.54 Å². The van der Waals surface area contributed by atoms with Gasteiger partial charge in [-0.3, -0.25) is 0 Å². The summed E-state index contributed by atoms with van der Waals surface area (Å²) in [6, 6.07) is 4.26. The first-order valence-corrected chi connectivity index (χ1v) is 5.36. The summed E-state index contributed by atoms with van der Waals surface area (Å²) in [5, 5.41) is 10.9. The molecule has 0 atom stereocenters. The first kappa shape index (κ1) is 11.4. The van der Waals surface area contributed by atoms with E-state index in [0.717, 1.165) is 12.4 Å². The zero-order valence-corrected chi connectivity index (χ0v) is 9.52. The van der Waals surface area contributed by atoms with Crippen molar-refractivity contribution in [1.29, 1.82) is 0 Å². The molecule has 2 aromatic rings. The van der Waals surface area contributed by atoms with Crippen molar-refractivity contribution in [3.8, 4) is 0 Å². The number of benzene rings is 1. The molecule has 5 nitrogen and oxygen atoms in total. The van der Waals surface area contributed by atoms with Gasteiger partial charge in [0.1, 0.15) is 12.1 Å². The van der Waals surface area contributed by atoms with E-state index in [2.05, 4.69) is 15.5 Å². The van der Waals surface area contributed by atoms with Crippen LogP contribution in [0.15, 0.2) is 24.5 Å². The molecule has 0 spiro atoms. The number of halogens is 1. The molecule has 0 radical (unpaired) electrons. The first-order valence-electron chi connectivity index (χ1n) is 5.36. The predicted octanol–water partition coefficient (Wildman–Crippen LogP) is 1.63. The van der Waals surface area contributed by atoms with Gasteiger partial charge < -0.3 is 15.6 Å². The summed E-state index contributed by atoms with van der Waals surface area (Å²) in [6.45, 7) is 3.33. The lowest BCUT2D eigenvalue weighted by molar-refractivity contribution is 0.628. The molecule has 6 heteroatoms. The fourth-order valence-corrected chi connectivity index (χ4v) is 1.55. The number of aryl methyl sites for hydroxylation is 1. The van der Waals surface area contributed by atoms with E-state index in [0.29, 0.717) is 17.9 Å². The normalized spacial score (nSPS) is 10.5. The molecule has 1 aromatic heterocycles. The summed E-state index contributed by atoms with van der Waals surface area (Å²) in [5.74, 6) is 0.473. The van der Waals surface area contributed by atoms with Crippen LogP contribution in [-0.2, 0) is 13.1 Å². The second-order valence-electron chi connectivity index (χ2n) is 3.62. The Kier molecular flexibility index (Phi) is 3.22. The molecule has 17 heavy (non-hydrogen) atoms. The molecule has 0 saturated carbocycles. The highest BCUT2D eigenvalue weighted by Gasteiger charge is 2.04. The maximum absolute atomic E-state index is 12.8. The molecular formula is C11H14FN5. The summed E-state index contributed by atoms with van der Waals surface area (Å²) >= 11 is 0. The molecule has 90 valence electrons. The van der Waals surface area contributed by atoms with E-state index in [4.69, 9.17) is 5.73 Å². The Balaban J connectivity index is 2.07. The highest BCUT2D eigenvalue weighted by atomic mass is 19.1. The third-order valence-electron chi connectivity index (χ3n) is 2.49. The summed E-state index contributed by atoms with van der Waals surface area (Å²) < 4.78 is 14.8. The molecule has 3 N–H and O–H groups in total. The van der Waals surface area contributed by atoms with Gasteiger partial charge in [0.05, 0.1) is 17.9 Å². The number of nitrogens with zero attached hydrogens (tertiary/aromatic N) is 3. The second-order valence-corrected chi connectivity index (χ2v) is 3.62. The zero-order chi connectivity index (χ0) is 12.3. The van der Waals surface area contributed by atoms with Crippen LogP contribution >= 0.6 is 0 Å². The zero-order valence-electron chi connectivity index (χ0n) is 9.52. The fraction of sp³-hybridized carbons (Fsp3) is 0.273. The molecule has 0 fully saturated rings. The highest BCUT2D eigenvalue weighted by molar-refractivity contribution is 5.65. The quantitative estimate of drug-likeness (QED) is 0.790. The molecular weight excluding hydrogens is 221 g/mol. The molecule has 0 amide bonds. The van der Waals surface area contributed by atoms with E-state index in [1.807, 2.05) is 11.5 Å². The summed E-state index contributed by atoms with van der Waals surface area (Å²) in [5.41, 5.74) is 6.76. The average molecular weight is 235 g/mol. The van der Waals surface area contributed by atoms with Gasteiger partial charge in [-0.25, -0.2) is 4.39 Å². The molecule has 0 aliphatic carbocycles. The van der Waals surface area contributed by atoms with Crippen LogP contribution in [-0.4, -0.2) is 14.8 Å². The largest absolute Gasteiger partial charge is 0.397 e. The molecule has 0 aliphatic rings. The van der Waals surface area contributed by atoms with Gasteiger partial charge in [-0.2, -0.15) is 0 Å². The minimum absolute atomic E-state index is 0.343. The highest BCUT2D eigenvalue weighted by Crippen LogP contribution is 2.19. The van der Waals surface area contributed by atoms with Crippen molar-refractivity contribution < 1.29 is 4.39 Å². The van der Waals surface area contributed by atoms with Crippen LogP contribution in [0.4, 0.5) is 15.8 Å². The molecule has 0 unspecified atom stereocenters. The molecule has 2 rings (SSSR count). The van der Waals surface area contributed by atoms with Crippen LogP contribution < -0.4 is 11.1 Å². The monoisotopic (exact) mass is 235 g/mol. The van der Waals surface area contributed by atoms with Gasteiger partial charge in [0.25, 0.3) is 0 Å². The van der Waals surface area contributed by atoms with Crippen molar-refractivity contribution >= 4 is 11.4 Å². The Labute approximate surface area is 98.5 Å². The third kappa shape index (κ3) is 2.52. The summed E-state index contributed by atoms with van der Waals surface area (Å²) in [7, 11) is 0. The Morgan fingerprint density at radius 1 is 1.47 bits per heavy atom. The van der Waals surface area contributed by atoms with E-state index in [1.165, 1.54) is 12.1 Å². The molecule has 0 bridgehead atoms. The predicted molar refractivity (Wildman–Crippen MR) is 63.8 cm³/mol. The minimum Gasteiger partial charge on any atom is -0.397 e. The topological polar surface area (TPSA) is 68.8 Å². The van der Waals surface area contributed by atoms with E-state index in [1.54, 1.807) is 12.4 Å². The van der Waals surface area contributed by atoms with Crippen molar-refractivity contribution in [1.82, 2.24) is 14.8 Å². The lowest BCUT2D eigenvalue weighted by atomic mass is 10.2. The molecule has 0 aliphatic heterocycles. The summed E-state index contributed by atoms with van der Waals surface area (Å²) in [4.78, 5) is 0. The van der Waals surface area contributed by atoms with Gasteiger partial charge in [0.15, 0.2) is 5.82 Å². The van der Waals surface area contributed by atoms with Gasteiger partial charge in [-0.15, -0.1) is 10.2 Å². The van der Waals surface area contributed by atoms with E-state index in [-0.39, 0.29) is 5.82 Å². The smallest absolute Gasteiger partial charge is 0.152 e. The molecule has 1 heterocycles. The molecule has 0 saturated heterocycles. The van der Waals surface area contributed by atoms with Crippen molar-refractivity contribution in [2.75, 3.05) is 11.1 Å². The number of nitrogens with one attached hydrogen (secondary N) is 1. The van der Waals surface area contributed by atoms with Crippen molar-refractivity contribution in [2.24, 2.45) is 0 Å². The van der Waals surface area contributed by atoms with Crippen molar-refractivity contribution in [3.63, 3.8) is 0 Å². The SMILES string of the molecule is CCn1cnnc1CNc1ccc(F)cc1N. The standard InChI is InChI=1S/C11H14FN5/c1-2-17-7-15-16-11(17)6-14-10-4-3-8(12)5-9(10)13/h3-5,7,14H,2,6,13H2,1H3. The third-order valence-corrected chi connectivity index (χ3v) is 2.49. The Bertz CT molecular complexity index is 508. The fourth-order valence-electron chi connectivity index (χ4n) is 1.55. The number of nitrogen functional groups attached to an aromatic ring is 1. The van der Waals surface area contributed by atoms with Gasteiger partial charge in [0.2, 0.25) is 0 Å². The minimum atomic E-state index is -0.343. The number of aromatic nitrogens is 3. The van der Waals surface area contributed by atoms with E-state index < -0.39 is 0 Å². The number of hydrogen-bond donors (Lipinski definition) is 2. The first-order chi connectivity index (χ1) is 8.20. The Hall–Kier alpha value is -2.11. The second kappa shape index (κ2) is 4.82. The number of hydrogen-bond acceptors (Lipinski definition) is 4. The van der Waals surface area contributed by atoms with Crippen molar-refractivity contribution in [3.05, 3.63) is 36.2 Å². The number of rotatable bonds is 4. The summed E-state index contributed by atoms with van der Waals surface area (Å²) in [6.07, 6.45) is 1.67. The molecule has 1 aromatic carbocycles. The van der Waals surface area contributed by atoms with Crippen LogP contribution in [0, 0.1) is 5.82 Å². The van der Waals surface area contributed by atoms with Crippen LogP contribution in [0.5, 0.6) is 0 Å². The van der Waals surface area contributed by atoms with Crippen molar-refractivity contribution in [2.45, 2.75) is 20.0 Å². The van der Waals surface area contributed by atoms with Crippen LogP contribution in [0.25, 0.3) is 0 Å². The van der Waals surface area contributed by atoms with Crippen LogP contribution in [0.3, 0.4) is 0 Å². The lowest BCUT2D eigenvalue weighted by Crippen LogP contribution is -2.08. The van der Waals surface area contributed by atoms with Gasteiger partial charge >= 0.3 is 0 Å². The van der Waals surface area contributed by atoms with Gasteiger partial charge in [-0.1, -0.05) is 0 Å². The maximum Gasteiger partial charge on any atom is 0.152 e. The maximum atomic E-state index is 12.8. The van der Waals surface area contributed by atoms with E-state index >= 15 is 0 Å². The lowest BCUT2D eigenvalue weighted by Gasteiger charge is -2.09. The van der Waals surface area contributed by atoms with Gasteiger partial charge in [-0.05, 0) is 25.1 Å². The Morgan fingerprint density at radius 2 is 2.29 bits per heavy atom.